The van der Waals surface area contributed by atoms with E-state index >= 15 is 0 Å². The lowest BCUT2D eigenvalue weighted by atomic mass is 10.1. The summed E-state index contributed by atoms with van der Waals surface area (Å²) in [7, 11) is 0. The van der Waals surface area contributed by atoms with Crippen LogP contribution in [0.2, 0.25) is 0 Å². The molecule has 5 heteroatoms. The topological polar surface area (TPSA) is 58.6 Å². The smallest absolute Gasteiger partial charge is 0.245 e. The fraction of sp³-hybridized carbons (Fsp3) is 0.867. The Hall–Kier alpha value is -1.10. The van der Waals surface area contributed by atoms with Crippen LogP contribution in [0, 0.1) is 5.92 Å². The summed E-state index contributed by atoms with van der Waals surface area (Å²) in [5.41, 5.74) is 0. The van der Waals surface area contributed by atoms with Gasteiger partial charge in [-0.25, -0.2) is 0 Å². The number of amides is 2. The van der Waals surface area contributed by atoms with Crippen LogP contribution in [0.5, 0.6) is 0 Å². The van der Waals surface area contributed by atoms with Gasteiger partial charge in [0.1, 0.15) is 6.04 Å². The first-order chi connectivity index (χ1) is 9.70. The fourth-order valence-corrected chi connectivity index (χ4v) is 2.49. The molecule has 20 heavy (non-hydrogen) atoms. The van der Waals surface area contributed by atoms with Crippen LogP contribution in [0.1, 0.15) is 45.4 Å². The molecule has 1 heterocycles. The Morgan fingerprint density at radius 3 is 2.85 bits per heavy atom. The lowest BCUT2D eigenvalue weighted by Gasteiger charge is -2.23. The molecular formula is C15H26N2O3. The highest BCUT2D eigenvalue weighted by Gasteiger charge is 2.28. The number of nitrogens with one attached hydrogen (secondary N) is 1. The minimum absolute atomic E-state index is 0.00992. The molecule has 0 aromatic carbocycles. The predicted molar refractivity (Wildman–Crippen MR) is 76.2 cm³/mol. The van der Waals surface area contributed by atoms with Crippen molar-refractivity contribution in [1.82, 2.24) is 10.2 Å². The number of ether oxygens (including phenoxy) is 1. The third kappa shape index (κ3) is 4.78. The Bertz CT molecular complexity index is 342. The van der Waals surface area contributed by atoms with E-state index in [1.54, 1.807) is 0 Å². The van der Waals surface area contributed by atoms with E-state index in [0.717, 1.165) is 31.8 Å². The van der Waals surface area contributed by atoms with Gasteiger partial charge < -0.3 is 15.0 Å². The summed E-state index contributed by atoms with van der Waals surface area (Å²) in [4.78, 5) is 25.8. The predicted octanol–water partition coefficient (Wildman–Crippen LogP) is 1.32. The van der Waals surface area contributed by atoms with Gasteiger partial charge in [-0.05, 0) is 31.6 Å². The monoisotopic (exact) mass is 282 g/mol. The number of carbonyl (C=O) groups excluding carboxylic acids is 2. The molecular weight excluding hydrogens is 256 g/mol. The Labute approximate surface area is 121 Å². The van der Waals surface area contributed by atoms with Crippen molar-refractivity contribution >= 4 is 11.8 Å². The summed E-state index contributed by atoms with van der Waals surface area (Å²) >= 11 is 0. The molecule has 0 aromatic rings. The van der Waals surface area contributed by atoms with Crippen molar-refractivity contribution in [3.05, 3.63) is 0 Å². The Morgan fingerprint density at radius 1 is 1.35 bits per heavy atom. The third-order valence-corrected chi connectivity index (χ3v) is 3.90. The maximum Gasteiger partial charge on any atom is 0.245 e. The highest BCUT2D eigenvalue weighted by Crippen LogP contribution is 2.28. The molecule has 0 radical (unpaired) electrons. The largest absolute Gasteiger partial charge is 0.381 e. The summed E-state index contributed by atoms with van der Waals surface area (Å²) < 4.78 is 5.59. The van der Waals surface area contributed by atoms with E-state index < -0.39 is 0 Å². The lowest BCUT2D eigenvalue weighted by molar-refractivity contribution is -0.133. The first kappa shape index (κ1) is 15.3. The molecule has 1 saturated carbocycles. The summed E-state index contributed by atoms with van der Waals surface area (Å²) in [5.74, 6) is 0.842. The van der Waals surface area contributed by atoms with Crippen molar-refractivity contribution in [3.8, 4) is 0 Å². The lowest BCUT2D eigenvalue weighted by Crippen LogP contribution is -2.45. The van der Waals surface area contributed by atoms with E-state index in [0.29, 0.717) is 26.1 Å². The number of hydrogen-bond donors (Lipinski definition) is 1. The van der Waals surface area contributed by atoms with Crippen LogP contribution >= 0.6 is 0 Å². The maximum absolute atomic E-state index is 12.3. The van der Waals surface area contributed by atoms with Gasteiger partial charge in [0.05, 0.1) is 0 Å². The van der Waals surface area contributed by atoms with Crippen LogP contribution in [0.3, 0.4) is 0 Å². The van der Waals surface area contributed by atoms with Crippen LogP contribution in [-0.4, -0.2) is 49.1 Å². The van der Waals surface area contributed by atoms with Gasteiger partial charge in [0.15, 0.2) is 0 Å². The number of nitrogens with zero attached hydrogens (tertiary/aromatic N) is 1. The second-order valence-corrected chi connectivity index (χ2v) is 5.86. The van der Waals surface area contributed by atoms with Gasteiger partial charge in [-0.3, -0.25) is 9.59 Å². The van der Waals surface area contributed by atoms with Crippen LogP contribution < -0.4 is 5.32 Å². The highest BCUT2D eigenvalue weighted by molar-refractivity contribution is 5.89. The molecule has 0 aromatic heterocycles. The molecule has 2 fully saturated rings. The number of hydrogen-bond acceptors (Lipinski definition) is 3. The summed E-state index contributed by atoms with van der Waals surface area (Å²) in [6.07, 6.45) is 5.49. The maximum atomic E-state index is 12.3. The standard InChI is InChI=1S/C15H26N2O3/c1-2-4-13-15(19)17(9-7-14(18)16-13)8-3-10-20-11-12-5-6-12/h12-13H,2-11H2,1H3,(H,16,18). The summed E-state index contributed by atoms with van der Waals surface area (Å²) in [6, 6.07) is -0.331. The first-order valence-corrected chi connectivity index (χ1v) is 7.86. The second kappa shape index (κ2) is 7.62. The van der Waals surface area contributed by atoms with Crippen molar-refractivity contribution < 1.29 is 14.3 Å². The minimum atomic E-state index is -0.331. The Kier molecular flexibility index (Phi) is 5.83. The van der Waals surface area contributed by atoms with Crippen molar-refractivity contribution in [1.29, 1.82) is 0 Å². The van der Waals surface area contributed by atoms with Gasteiger partial charge >= 0.3 is 0 Å². The molecule has 0 spiro atoms. The molecule has 1 N–H and O–H groups in total. The molecule has 2 amide bonds. The molecule has 2 aliphatic rings. The van der Waals surface area contributed by atoms with E-state index in [1.807, 2.05) is 11.8 Å². The fourth-order valence-electron chi connectivity index (χ4n) is 2.49. The van der Waals surface area contributed by atoms with Gasteiger partial charge in [-0.15, -0.1) is 0 Å². The van der Waals surface area contributed by atoms with Crippen LogP contribution in [0.25, 0.3) is 0 Å². The molecule has 1 saturated heterocycles. The minimum Gasteiger partial charge on any atom is -0.381 e. The van der Waals surface area contributed by atoms with Gasteiger partial charge in [0.2, 0.25) is 11.8 Å². The average Bonchev–Trinajstić information content (AvgIpc) is 3.24. The summed E-state index contributed by atoms with van der Waals surface area (Å²) in [5, 5.41) is 2.82. The van der Waals surface area contributed by atoms with E-state index in [-0.39, 0.29) is 17.9 Å². The molecule has 1 aliphatic carbocycles. The molecule has 114 valence electrons. The Morgan fingerprint density at radius 2 is 2.15 bits per heavy atom. The quantitative estimate of drug-likeness (QED) is 0.683. The molecule has 1 aliphatic heterocycles. The van der Waals surface area contributed by atoms with Crippen molar-refractivity contribution in [2.75, 3.05) is 26.3 Å². The van der Waals surface area contributed by atoms with E-state index in [9.17, 15) is 9.59 Å². The average molecular weight is 282 g/mol. The van der Waals surface area contributed by atoms with E-state index in [4.69, 9.17) is 4.74 Å². The van der Waals surface area contributed by atoms with Gasteiger partial charge in [-0.1, -0.05) is 13.3 Å². The zero-order valence-corrected chi connectivity index (χ0v) is 12.4. The first-order valence-electron chi connectivity index (χ1n) is 7.86. The second-order valence-electron chi connectivity index (χ2n) is 5.86. The van der Waals surface area contributed by atoms with E-state index in [2.05, 4.69) is 5.32 Å². The zero-order valence-electron chi connectivity index (χ0n) is 12.4. The normalized spacial score (nSPS) is 23.6. The van der Waals surface area contributed by atoms with Gasteiger partial charge in [0, 0.05) is 32.7 Å². The van der Waals surface area contributed by atoms with Crippen LogP contribution in [0.4, 0.5) is 0 Å². The molecule has 5 nitrogen and oxygen atoms in total. The van der Waals surface area contributed by atoms with Crippen LogP contribution in [0.15, 0.2) is 0 Å². The van der Waals surface area contributed by atoms with Gasteiger partial charge in [-0.2, -0.15) is 0 Å². The molecule has 2 rings (SSSR count). The van der Waals surface area contributed by atoms with Crippen molar-refractivity contribution in [2.24, 2.45) is 5.92 Å². The molecule has 0 bridgehead atoms. The van der Waals surface area contributed by atoms with Gasteiger partial charge in [0.25, 0.3) is 0 Å². The van der Waals surface area contributed by atoms with Crippen molar-refractivity contribution in [2.45, 2.75) is 51.5 Å². The summed E-state index contributed by atoms with van der Waals surface area (Å²) in [6.45, 7) is 4.83. The Balaban J connectivity index is 1.72. The van der Waals surface area contributed by atoms with Crippen LogP contribution in [-0.2, 0) is 14.3 Å². The highest BCUT2D eigenvalue weighted by atomic mass is 16.5. The zero-order chi connectivity index (χ0) is 14.4. The number of carbonyl (C=O) groups is 2. The SMILES string of the molecule is CCCC1NC(=O)CCN(CCCOCC2CC2)C1=O. The molecule has 1 atom stereocenters. The van der Waals surface area contributed by atoms with E-state index in [1.165, 1.54) is 12.8 Å². The molecule has 1 unspecified atom stereocenters. The number of rotatable bonds is 8. The van der Waals surface area contributed by atoms with Crippen molar-refractivity contribution in [3.63, 3.8) is 0 Å². The third-order valence-electron chi connectivity index (χ3n) is 3.90.